The molecule has 0 fully saturated rings. The SMILES string of the molecule is C=C(O)/C(=C/C)C(=C)/C=C1\CC(=C)C(C(C)(C)O)Cc2cc(C)c(C)cc21. The molecule has 1 aromatic rings. The van der Waals surface area contributed by atoms with Crippen molar-refractivity contribution in [3.63, 3.8) is 0 Å². The lowest BCUT2D eigenvalue weighted by molar-refractivity contribution is 0.0324. The van der Waals surface area contributed by atoms with Crippen LogP contribution in [0, 0.1) is 19.8 Å². The first kappa shape index (κ1) is 21.0. The second kappa shape index (κ2) is 7.74. The fraction of sp³-hybridized carbons (Fsp3) is 0.360. The van der Waals surface area contributed by atoms with E-state index in [2.05, 4.69) is 45.7 Å². The van der Waals surface area contributed by atoms with Gasteiger partial charge in [0.15, 0.2) is 0 Å². The maximum atomic E-state index is 10.7. The highest BCUT2D eigenvalue weighted by atomic mass is 16.3. The van der Waals surface area contributed by atoms with Gasteiger partial charge in [0.1, 0.15) is 5.76 Å². The number of allylic oxidation sites excluding steroid dienone is 4. The van der Waals surface area contributed by atoms with Crippen LogP contribution in [0.2, 0.25) is 0 Å². The summed E-state index contributed by atoms with van der Waals surface area (Å²) in [6.45, 7) is 21.9. The van der Waals surface area contributed by atoms with Gasteiger partial charge < -0.3 is 10.2 Å². The van der Waals surface area contributed by atoms with Crippen molar-refractivity contribution in [1.82, 2.24) is 0 Å². The van der Waals surface area contributed by atoms with Crippen LogP contribution in [0.3, 0.4) is 0 Å². The third-order valence-electron chi connectivity index (χ3n) is 5.55. The number of benzene rings is 1. The lowest BCUT2D eigenvalue weighted by Crippen LogP contribution is -2.33. The summed E-state index contributed by atoms with van der Waals surface area (Å²) in [4.78, 5) is 0. The van der Waals surface area contributed by atoms with Crippen LogP contribution in [-0.2, 0) is 6.42 Å². The van der Waals surface area contributed by atoms with Crippen molar-refractivity contribution < 1.29 is 10.2 Å². The van der Waals surface area contributed by atoms with Crippen LogP contribution < -0.4 is 0 Å². The van der Waals surface area contributed by atoms with Crippen LogP contribution in [0.25, 0.3) is 5.57 Å². The Labute approximate surface area is 163 Å². The molecular weight excluding hydrogens is 332 g/mol. The average molecular weight is 365 g/mol. The molecule has 1 aromatic carbocycles. The van der Waals surface area contributed by atoms with Crippen LogP contribution in [0.4, 0.5) is 0 Å². The molecule has 2 heteroatoms. The summed E-state index contributed by atoms with van der Waals surface area (Å²) >= 11 is 0. The van der Waals surface area contributed by atoms with Gasteiger partial charge in [-0.05, 0) is 80.9 Å². The Morgan fingerprint density at radius 1 is 1.19 bits per heavy atom. The van der Waals surface area contributed by atoms with Gasteiger partial charge >= 0.3 is 0 Å². The van der Waals surface area contributed by atoms with Gasteiger partial charge in [-0.15, -0.1) is 0 Å². The second-order valence-corrected chi connectivity index (χ2v) is 8.18. The molecule has 0 saturated heterocycles. The fourth-order valence-corrected chi connectivity index (χ4v) is 3.87. The topological polar surface area (TPSA) is 40.5 Å². The molecule has 144 valence electrons. The highest BCUT2D eigenvalue weighted by Gasteiger charge is 2.33. The minimum atomic E-state index is -0.840. The largest absolute Gasteiger partial charge is 0.508 e. The van der Waals surface area contributed by atoms with E-state index in [1.165, 1.54) is 22.3 Å². The minimum Gasteiger partial charge on any atom is -0.508 e. The number of aliphatic hydroxyl groups is 2. The molecule has 2 N–H and O–H groups in total. The quantitative estimate of drug-likeness (QED) is 0.291. The Kier molecular flexibility index (Phi) is 6.01. The Bertz CT molecular complexity index is 857. The third-order valence-corrected chi connectivity index (χ3v) is 5.55. The summed E-state index contributed by atoms with van der Waals surface area (Å²) in [7, 11) is 0. The van der Waals surface area contributed by atoms with Crippen molar-refractivity contribution in [2.24, 2.45) is 5.92 Å². The van der Waals surface area contributed by atoms with Gasteiger partial charge in [0.05, 0.1) is 5.60 Å². The Morgan fingerprint density at radius 3 is 2.30 bits per heavy atom. The minimum absolute atomic E-state index is 0.0153. The molecule has 0 bridgehead atoms. The van der Waals surface area contributed by atoms with E-state index in [0.29, 0.717) is 12.0 Å². The van der Waals surface area contributed by atoms with Gasteiger partial charge in [0, 0.05) is 11.5 Å². The zero-order chi connectivity index (χ0) is 20.5. The normalized spacial score (nSPS) is 19.6. The van der Waals surface area contributed by atoms with Crippen LogP contribution in [0.5, 0.6) is 0 Å². The smallest absolute Gasteiger partial charge is 0.115 e. The lowest BCUT2D eigenvalue weighted by atomic mass is 9.80. The van der Waals surface area contributed by atoms with Crippen molar-refractivity contribution in [2.75, 3.05) is 0 Å². The molecule has 1 unspecified atom stereocenters. The van der Waals surface area contributed by atoms with Crippen molar-refractivity contribution in [2.45, 2.75) is 53.1 Å². The predicted octanol–water partition coefficient (Wildman–Crippen LogP) is 6.15. The number of hydrogen-bond acceptors (Lipinski definition) is 2. The molecular formula is C25H32O2. The average Bonchev–Trinajstić information content (AvgIpc) is 2.65. The van der Waals surface area contributed by atoms with Gasteiger partial charge in [-0.1, -0.05) is 49.6 Å². The van der Waals surface area contributed by atoms with E-state index in [-0.39, 0.29) is 11.7 Å². The molecule has 0 saturated carbocycles. The first-order chi connectivity index (χ1) is 12.5. The van der Waals surface area contributed by atoms with Crippen molar-refractivity contribution in [3.8, 4) is 0 Å². The number of aryl methyl sites for hydroxylation is 2. The molecule has 1 aliphatic carbocycles. The van der Waals surface area contributed by atoms with Gasteiger partial charge in [0.25, 0.3) is 0 Å². The summed E-state index contributed by atoms with van der Waals surface area (Å²) in [5, 5.41) is 20.5. The van der Waals surface area contributed by atoms with Gasteiger partial charge in [-0.25, -0.2) is 0 Å². The zero-order valence-corrected chi connectivity index (χ0v) is 17.3. The number of rotatable bonds is 4. The van der Waals surface area contributed by atoms with Gasteiger partial charge in [0.2, 0.25) is 0 Å². The second-order valence-electron chi connectivity index (χ2n) is 8.18. The number of aliphatic hydroxyl groups excluding tert-OH is 1. The molecule has 0 spiro atoms. The molecule has 0 aromatic heterocycles. The predicted molar refractivity (Wildman–Crippen MR) is 116 cm³/mol. The summed E-state index contributed by atoms with van der Waals surface area (Å²) in [5.41, 5.74) is 7.50. The zero-order valence-electron chi connectivity index (χ0n) is 17.3. The van der Waals surface area contributed by atoms with E-state index in [0.717, 1.165) is 23.1 Å². The van der Waals surface area contributed by atoms with Crippen LogP contribution >= 0.6 is 0 Å². The van der Waals surface area contributed by atoms with Crippen molar-refractivity contribution >= 4 is 5.57 Å². The highest BCUT2D eigenvalue weighted by Crippen LogP contribution is 2.41. The van der Waals surface area contributed by atoms with Crippen LogP contribution in [0.1, 0.15) is 49.4 Å². The maximum absolute atomic E-state index is 10.7. The molecule has 0 radical (unpaired) electrons. The Morgan fingerprint density at radius 2 is 1.78 bits per heavy atom. The third kappa shape index (κ3) is 4.51. The summed E-state index contributed by atoms with van der Waals surface area (Å²) in [6.07, 6.45) is 5.25. The first-order valence-corrected chi connectivity index (χ1v) is 9.40. The molecule has 2 nitrogen and oxygen atoms in total. The highest BCUT2D eigenvalue weighted by molar-refractivity contribution is 5.76. The van der Waals surface area contributed by atoms with Gasteiger partial charge in [-0.3, -0.25) is 0 Å². The molecule has 1 aliphatic rings. The summed E-state index contributed by atoms with van der Waals surface area (Å²) in [5.74, 6) is -0.00649. The van der Waals surface area contributed by atoms with E-state index in [1.807, 2.05) is 32.9 Å². The van der Waals surface area contributed by atoms with E-state index in [9.17, 15) is 10.2 Å². The first-order valence-electron chi connectivity index (χ1n) is 9.40. The Hall–Kier alpha value is -2.32. The van der Waals surface area contributed by atoms with Crippen LogP contribution in [-0.4, -0.2) is 15.8 Å². The van der Waals surface area contributed by atoms with Gasteiger partial charge in [-0.2, -0.15) is 0 Å². The molecule has 0 aliphatic heterocycles. The molecule has 0 amide bonds. The van der Waals surface area contributed by atoms with E-state index in [1.54, 1.807) is 0 Å². The summed E-state index contributed by atoms with van der Waals surface area (Å²) in [6, 6.07) is 4.44. The van der Waals surface area contributed by atoms with E-state index >= 15 is 0 Å². The number of fused-ring (bicyclic) bond motifs is 1. The molecule has 0 heterocycles. The summed E-state index contributed by atoms with van der Waals surface area (Å²) < 4.78 is 0. The number of hydrogen-bond donors (Lipinski definition) is 2. The molecule has 1 atom stereocenters. The lowest BCUT2D eigenvalue weighted by Gasteiger charge is -2.30. The fourth-order valence-electron chi connectivity index (χ4n) is 3.87. The van der Waals surface area contributed by atoms with Crippen molar-refractivity contribution in [3.05, 3.63) is 88.8 Å². The van der Waals surface area contributed by atoms with E-state index < -0.39 is 5.60 Å². The standard InChI is InChI=1S/C25H32O2/c1-9-22(19(6)26)17(4)11-20-12-18(5)24(25(7,8)27)14-21-10-15(2)16(3)13-23(20)21/h9-11,13,24,26-27H,4-6,12,14H2,1-3,7-8H3/b20-11+,22-9+. The van der Waals surface area contributed by atoms with Crippen molar-refractivity contribution in [1.29, 1.82) is 0 Å². The van der Waals surface area contributed by atoms with E-state index in [4.69, 9.17) is 0 Å². The molecule has 27 heavy (non-hydrogen) atoms. The molecule has 2 rings (SSSR count). The monoisotopic (exact) mass is 364 g/mol. The van der Waals surface area contributed by atoms with Crippen LogP contribution in [0.15, 0.2) is 66.5 Å². The maximum Gasteiger partial charge on any atom is 0.115 e. The Balaban J connectivity index is 2.64.